The second-order valence-electron chi connectivity index (χ2n) is 24.8. The maximum absolute atomic E-state index is 14.3. The molecule has 0 bridgehead atoms. The Morgan fingerprint density at radius 2 is 0.903 bits per heavy atom. The fourth-order valence-corrected chi connectivity index (χ4v) is 11.3. The van der Waals surface area contributed by atoms with E-state index in [9.17, 15) is 113 Å². The maximum Gasteiger partial charge on any atom is 0.332 e. The van der Waals surface area contributed by atoms with E-state index in [0.29, 0.717) is 0 Å². The number of unbranched alkanes of at least 4 members (excludes halogenated alkanes) is 1. The highest BCUT2D eigenvalue weighted by atomic mass is 16.8. The predicted octanol–water partition coefficient (Wildman–Crippen LogP) is -11.8. The zero-order valence-electron chi connectivity index (χ0n) is 57.4. The summed E-state index contributed by atoms with van der Waals surface area (Å²) in [4.78, 5) is 165. The Morgan fingerprint density at radius 3 is 1.41 bits per heavy atom. The molecule has 4 heterocycles. The molecular weight excluding hydrogens is 1390 g/mol. The van der Waals surface area contributed by atoms with E-state index in [1.165, 1.54) is 0 Å². The second kappa shape index (κ2) is 41.2. The summed E-state index contributed by atoms with van der Waals surface area (Å²) in [7, 11) is 0. The van der Waals surface area contributed by atoms with Crippen LogP contribution in [0, 0.1) is 0 Å². The number of rotatable bonds is 39. The molecule has 10 amide bonds. The van der Waals surface area contributed by atoms with Gasteiger partial charge in [-0.1, -0.05) is 0 Å². The van der Waals surface area contributed by atoms with E-state index in [-0.39, 0.29) is 25.8 Å². The molecule has 0 spiro atoms. The topological polar surface area (TPSA) is 688 Å². The number of carboxylic acid groups (broad SMARTS) is 3. The van der Waals surface area contributed by atoms with Crippen LogP contribution in [-0.4, -0.2) is 331 Å². The number of ether oxygens (including phenoxy) is 9. The van der Waals surface area contributed by atoms with Crippen LogP contribution in [0.25, 0.3) is 0 Å². The van der Waals surface area contributed by atoms with E-state index in [2.05, 4.69) is 47.9 Å². The Morgan fingerprint density at radius 1 is 0.447 bits per heavy atom. The van der Waals surface area contributed by atoms with E-state index in [0.717, 1.165) is 55.4 Å². The number of carbonyl (C=O) groups is 13. The molecule has 44 heteroatoms. The maximum atomic E-state index is 14.3. The number of carbonyl (C=O) groups excluding carboxylic acids is 10. The molecule has 44 nitrogen and oxygen atoms in total. The summed E-state index contributed by atoms with van der Waals surface area (Å²) in [5.41, 5.74) is 11.0. The van der Waals surface area contributed by atoms with Crippen LogP contribution in [0.3, 0.4) is 0 Å². The summed E-state index contributed by atoms with van der Waals surface area (Å²) in [5.74, 6) is -13.8. The minimum atomic E-state index is -2.16. The van der Waals surface area contributed by atoms with Crippen molar-refractivity contribution < 1.29 is 161 Å². The van der Waals surface area contributed by atoms with E-state index < -0.39 is 288 Å². The summed E-state index contributed by atoms with van der Waals surface area (Å²) >= 11 is 0. The third-order valence-corrected chi connectivity index (χ3v) is 16.6. The fraction of sp³-hybridized carbons (Fsp3) is 0.780. The van der Waals surface area contributed by atoms with E-state index >= 15 is 0 Å². The molecule has 4 fully saturated rings. The predicted molar refractivity (Wildman–Crippen MR) is 337 cm³/mol. The van der Waals surface area contributed by atoms with Crippen LogP contribution in [0.2, 0.25) is 0 Å². The standard InChI is InChI=1S/C59H97N11O33/c1-20(50(85)70-29(49(61)84)12-13-35(79)69-30(52(87)64-21(2)53(88)89)11-9-10-14-62-36(80)15-28(60)55(92)93)63-51(86)22(3)95-48-40(68-27(8)78)59(100-34(19-74)46(48)103-57-37(65-24(5)75)42(82)41(81)31(16-71)98-57)101-44-32(17-72)99-58(38(43(44)83)66-25(6)76)102-45-33(18-73)97-56(94)39(67-26(7)77)47(45)96-23(4)54(90)91/h20-23,28-34,37-48,56-59,71-74,81-83,94H,9-19,60H2,1-8H3,(H2,61,84)(H,62,80)(H,63,86)(H,64,87)(H,65,75)(H,66,76)(H,67,77)(H,68,78)(H,69,79)(H,70,85)(H,88,89)(H,90,91)(H,92,93). The lowest BCUT2D eigenvalue weighted by atomic mass is 9.92. The number of amides is 10. The van der Waals surface area contributed by atoms with Crippen molar-refractivity contribution in [1.82, 2.24) is 47.9 Å². The molecule has 0 aromatic rings. The van der Waals surface area contributed by atoms with Gasteiger partial charge in [0.05, 0.1) is 32.8 Å². The summed E-state index contributed by atoms with van der Waals surface area (Å²) in [5, 5.41) is 138. The lowest BCUT2D eigenvalue weighted by Crippen LogP contribution is -2.72. The third kappa shape index (κ3) is 25.6. The van der Waals surface area contributed by atoms with Crippen molar-refractivity contribution in [2.75, 3.05) is 33.0 Å². The second-order valence-corrected chi connectivity index (χ2v) is 24.8. The molecule has 4 aliphatic rings. The first kappa shape index (κ1) is 87.8. The Balaban J connectivity index is 1.67. The highest BCUT2D eigenvalue weighted by Gasteiger charge is 2.58. The molecule has 4 aliphatic heterocycles. The summed E-state index contributed by atoms with van der Waals surface area (Å²) in [6.45, 7) is 4.21. The highest BCUT2D eigenvalue weighted by Crippen LogP contribution is 2.36. The number of hydrogen-bond donors (Lipinski definition) is 22. The van der Waals surface area contributed by atoms with Crippen molar-refractivity contribution in [2.45, 2.75) is 259 Å². The summed E-state index contributed by atoms with van der Waals surface area (Å²) in [6.07, 6.45) is -35.4. The van der Waals surface area contributed by atoms with Crippen LogP contribution in [0.15, 0.2) is 0 Å². The largest absolute Gasteiger partial charge is 0.480 e. The van der Waals surface area contributed by atoms with Crippen LogP contribution in [0.4, 0.5) is 0 Å². The first-order chi connectivity index (χ1) is 48.3. The number of primary amides is 1. The summed E-state index contributed by atoms with van der Waals surface area (Å²) < 4.78 is 54.7. The van der Waals surface area contributed by atoms with Gasteiger partial charge in [0.2, 0.25) is 59.1 Å². The van der Waals surface area contributed by atoms with Crippen LogP contribution in [0.5, 0.6) is 0 Å². The van der Waals surface area contributed by atoms with Gasteiger partial charge in [-0.3, -0.25) is 57.5 Å². The minimum absolute atomic E-state index is 0.00490. The SMILES string of the molecule is CC(=O)NC1C(OC2C(CO)OC(OC3C(CO)OC(OC4C(CO)OC(O)C(NC(C)=O)C4OC(C)C(=O)O)C(NC(C)=O)C3O)C(NC(C)=O)C2OC(C)C(=O)NC(C)C(=O)NC(CCC(=O)NC(CCCCNC(=O)CC(N)C(=O)O)C(=O)NC(C)C(=O)O)C(N)=O)OC(CO)C(O)C1O. The van der Waals surface area contributed by atoms with E-state index in [1.54, 1.807) is 0 Å². The van der Waals surface area contributed by atoms with Gasteiger partial charge in [-0.25, -0.2) is 4.79 Å². The van der Waals surface area contributed by atoms with Gasteiger partial charge in [0.1, 0.15) is 134 Å². The third-order valence-electron chi connectivity index (χ3n) is 16.6. The van der Waals surface area contributed by atoms with Crippen LogP contribution >= 0.6 is 0 Å². The quantitative estimate of drug-likeness (QED) is 0.0254. The van der Waals surface area contributed by atoms with Gasteiger partial charge in [-0.15, -0.1) is 0 Å². The van der Waals surface area contributed by atoms with Crippen LogP contribution < -0.4 is 59.3 Å². The Kier molecular flexibility index (Phi) is 35.1. The van der Waals surface area contributed by atoms with Crippen LogP contribution in [-0.2, 0) is 105 Å². The first-order valence-corrected chi connectivity index (χ1v) is 32.6. The normalized spacial score (nSPS) is 31.2. The molecule has 4 rings (SSSR count). The molecule has 0 aliphatic carbocycles. The number of aliphatic carboxylic acids is 3. The molecule has 586 valence electrons. The molecule has 0 saturated carbocycles. The molecule has 0 aromatic heterocycles. The van der Waals surface area contributed by atoms with Crippen molar-refractivity contribution >= 4 is 77.0 Å². The van der Waals surface area contributed by atoms with Gasteiger partial charge >= 0.3 is 17.9 Å². The van der Waals surface area contributed by atoms with Crippen molar-refractivity contribution in [1.29, 1.82) is 0 Å². The number of nitrogens with one attached hydrogen (secondary N) is 9. The lowest BCUT2D eigenvalue weighted by Gasteiger charge is -2.52. The van der Waals surface area contributed by atoms with Crippen molar-refractivity contribution in [2.24, 2.45) is 11.5 Å². The lowest BCUT2D eigenvalue weighted by molar-refractivity contribution is -0.366. The molecule has 27 atom stereocenters. The van der Waals surface area contributed by atoms with Crippen molar-refractivity contribution in [3.63, 3.8) is 0 Å². The number of nitrogens with two attached hydrogens (primary N) is 2. The minimum Gasteiger partial charge on any atom is -0.480 e. The monoisotopic (exact) mass is 1490 g/mol. The van der Waals surface area contributed by atoms with Gasteiger partial charge in [0, 0.05) is 40.7 Å². The van der Waals surface area contributed by atoms with Crippen molar-refractivity contribution in [3.8, 4) is 0 Å². The Labute approximate surface area is 587 Å². The number of hydrogen-bond acceptors (Lipinski definition) is 31. The Bertz CT molecular complexity index is 2930. The van der Waals surface area contributed by atoms with E-state index in [1.807, 2.05) is 0 Å². The molecule has 0 radical (unpaired) electrons. The zero-order valence-corrected chi connectivity index (χ0v) is 57.4. The van der Waals surface area contributed by atoms with Gasteiger partial charge in [0.15, 0.2) is 31.3 Å². The summed E-state index contributed by atoms with van der Waals surface area (Å²) in [6, 6.07) is -14.6. The van der Waals surface area contributed by atoms with Crippen LogP contribution in [0.1, 0.15) is 93.9 Å². The molecule has 27 unspecified atom stereocenters. The van der Waals surface area contributed by atoms with Crippen molar-refractivity contribution in [3.05, 3.63) is 0 Å². The number of aliphatic hydroxyl groups is 8. The zero-order chi connectivity index (χ0) is 77.6. The van der Waals surface area contributed by atoms with Gasteiger partial charge in [-0.2, -0.15) is 0 Å². The number of aliphatic hydroxyl groups excluding tert-OH is 8. The highest BCUT2D eigenvalue weighted by molar-refractivity contribution is 5.93. The van der Waals surface area contributed by atoms with Gasteiger partial charge in [0.25, 0.3) is 0 Å². The Hall–Kier alpha value is -7.61. The molecule has 0 aromatic carbocycles. The fourth-order valence-electron chi connectivity index (χ4n) is 11.3. The molecular formula is C59H97N11O33. The molecule has 24 N–H and O–H groups in total. The smallest absolute Gasteiger partial charge is 0.332 e. The molecule has 4 saturated heterocycles. The van der Waals surface area contributed by atoms with Gasteiger partial charge < -0.3 is 158 Å². The first-order valence-electron chi connectivity index (χ1n) is 32.6. The average Bonchev–Trinajstić information content (AvgIpc) is 0.769. The van der Waals surface area contributed by atoms with E-state index in [4.69, 9.17) is 59.2 Å². The van der Waals surface area contributed by atoms with Gasteiger partial charge in [-0.05, 0) is 53.4 Å². The average molecular weight is 1490 g/mol. The number of carboxylic acids is 3. The molecule has 103 heavy (non-hydrogen) atoms.